The highest BCUT2D eigenvalue weighted by Crippen LogP contribution is 2.52. The Kier molecular flexibility index (Phi) is 2.12. The molecule has 1 aromatic rings. The Bertz CT molecular complexity index is 366. The van der Waals surface area contributed by atoms with Crippen LogP contribution in [0.1, 0.15) is 23.3 Å². The highest BCUT2D eigenvalue weighted by molar-refractivity contribution is 7.10. The van der Waals surface area contributed by atoms with Crippen molar-refractivity contribution >= 4 is 17.2 Å². The molecule has 1 heterocycles. The lowest BCUT2D eigenvalue weighted by Gasteiger charge is -2.18. The zero-order valence-electron chi connectivity index (χ0n) is 8.41. The third kappa shape index (κ3) is 1.26. The lowest BCUT2D eigenvalue weighted by Crippen LogP contribution is -2.40. The molecule has 3 nitrogen and oxygen atoms in total. The van der Waals surface area contributed by atoms with Crippen LogP contribution in [0.3, 0.4) is 0 Å². The molecular formula is C10H14N2OS. The first-order chi connectivity index (χ1) is 6.58. The summed E-state index contributed by atoms with van der Waals surface area (Å²) in [4.78, 5) is 13.1. The van der Waals surface area contributed by atoms with Gasteiger partial charge in [-0.15, -0.1) is 11.3 Å². The fraction of sp³-hybridized carbons (Fsp3) is 0.500. The molecule has 0 atom stereocenters. The zero-order valence-corrected chi connectivity index (χ0v) is 9.23. The van der Waals surface area contributed by atoms with E-state index in [0.29, 0.717) is 0 Å². The Labute approximate surface area is 87.5 Å². The van der Waals surface area contributed by atoms with E-state index in [1.165, 1.54) is 15.4 Å². The summed E-state index contributed by atoms with van der Waals surface area (Å²) in [6, 6.07) is 2.06. The minimum atomic E-state index is -0.276. The van der Waals surface area contributed by atoms with Gasteiger partial charge in [-0.1, -0.05) is 0 Å². The van der Waals surface area contributed by atoms with Crippen LogP contribution in [0.15, 0.2) is 11.4 Å². The van der Waals surface area contributed by atoms with E-state index >= 15 is 0 Å². The van der Waals surface area contributed by atoms with Crippen LogP contribution in [0.2, 0.25) is 0 Å². The molecule has 1 aliphatic carbocycles. The highest BCUT2D eigenvalue weighted by Gasteiger charge is 2.53. The van der Waals surface area contributed by atoms with Gasteiger partial charge in [0.25, 0.3) is 0 Å². The lowest BCUT2D eigenvalue weighted by molar-refractivity contribution is -0.132. The van der Waals surface area contributed by atoms with E-state index in [-0.39, 0.29) is 11.3 Å². The van der Waals surface area contributed by atoms with E-state index < -0.39 is 0 Å². The van der Waals surface area contributed by atoms with Gasteiger partial charge in [-0.2, -0.15) is 0 Å². The maximum absolute atomic E-state index is 11.9. The van der Waals surface area contributed by atoms with E-state index in [1.54, 1.807) is 18.4 Å². The van der Waals surface area contributed by atoms with Gasteiger partial charge >= 0.3 is 0 Å². The van der Waals surface area contributed by atoms with E-state index in [1.807, 2.05) is 5.38 Å². The Morgan fingerprint density at radius 2 is 2.29 bits per heavy atom. The number of aryl methyl sites for hydroxylation is 1. The summed E-state index contributed by atoms with van der Waals surface area (Å²) in [6.07, 6.45) is 1.88. The average Bonchev–Trinajstić information content (AvgIpc) is 2.83. The third-order valence-corrected chi connectivity index (χ3v) is 4.00. The normalized spacial score (nSPS) is 17.9. The number of rotatable bonds is 2. The number of hydrogen-bond acceptors (Lipinski definition) is 3. The molecule has 76 valence electrons. The number of carbonyl (C=O) groups is 1. The zero-order chi connectivity index (χ0) is 10.3. The number of nitrogens with zero attached hydrogens (tertiary/aromatic N) is 1. The second-order valence-corrected chi connectivity index (χ2v) is 4.85. The van der Waals surface area contributed by atoms with Crippen molar-refractivity contribution in [3.8, 4) is 0 Å². The SMILES string of the molecule is Cc1ccsc1C1(C(=O)N(C)N)CC1. The molecule has 0 saturated heterocycles. The molecule has 0 radical (unpaired) electrons. The second-order valence-electron chi connectivity index (χ2n) is 3.93. The van der Waals surface area contributed by atoms with Gasteiger partial charge in [-0.25, -0.2) is 5.84 Å². The fourth-order valence-corrected chi connectivity index (χ4v) is 3.04. The van der Waals surface area contributed by atoms with Gasteiger partial charge in [0.15, 0.2) is 0 Å². The average molecular weight is 210 g/mol. The first kappa shape index (κ1) is 9.68. The maximum atomic E-state index is 11.9. The first-order valence-electron chi connectivity index (χ1n) is 4.65. The van der Waals surface area contributed by atoms with Gasteiger partial charge in [0.2, 0.25) is 5.91 Å². The van der Waals surface area contributed by atoms with Crippen molar-refractivity contribution in [3.63, 3.8) is 0 Å². The monoisotopic (exact) mass is 210 g/mol. The molecule has 14 heavy (non-hydrogen) atoms. The van der Waals surface area contributed by atoms with Crippen LogP contribution in [-0.4, -0.2) is 18.0 Å². The summed E-state index contributed by atoms with van der Waals surface area (Å²) in [5.41, 5.74) is 0.935. The number of hydrazine groups is 1. The predicted molar refractivity (Wildman–Crippen MR) is 56.9 cm³/mol. The topological polar surface area (TPSA) is 46.3 Å². The van der Waals surface area contributed by atoms with Crippen molar-refractivity contribution in [2.24, 2.45) is 5.84 Å². The molecule has 1 amide bonds. The minimum Gasteiger partial charge on any atom is -0.283 e. The van der Waals surface area contributed by atoms with Gasteiger partial charge in [-0.3, -0.25) is 9.80 Å². The van der Waals surface area contributed by atoms with E-state index in [4.69, 9.17) is 5.84 Å². The minimum absolute atomic E-state index is 0.0445. The third-order valence-electron chi connectivity index (χ3n) is 2.78. The summed E-state index contributed by atoms with van der Waals surface area (Å²) in [5, 5.41) is 3.25. The van der Waals surface area contributed by atoms with E-state index in [2.05, 4.69) is 13.0 Å². The molecule has 0 unspecified atom stereocenters. The van der Waals surface area contributed by atoms with Crippen molar-refractivity contribution in [2.45, 2.75) is 25.2 Å². The van der Waals surface area contributed by atoms with E-state index in [0.717, 1.165) is 12.8 Å². The van der Waals surface area contributed by atoms with E-state index in [9.17, 15) is 4.79 Å². The predicted octanol–water partition coefficient (Wildman–Crippen LogP) is 1.42. The molecular weight excluding hydrogens is 196 g/mol. The molecule has 2 rings (SSSR count). The Morgan fingerprint density at radius 1 is 1.64 bits per heavy atom. The smallest absolute Gasteiger partial charge is 0.247 e. The van der Waals surface area contributed by atoms with Gasteiger partial charge < -0.3 is 0 Å². The Morgan fingerprint density at radius 3 is 2.64 bits per heavy atom. The first-order valence-corrected chi connectivity index (χ1v) is 5.53. The van der Waals surface area contributed by atoms with Gasteiger partial charge in [0.05, 0.1) is 5.41 Å². The number of thiophene rings is 1. The van der Waals surface area contributed by atoms with Crippen molar-refractivity contribution in [1.29, 1.82) is 0 Å². The fourth-order valence-electron chi connectivity index (χ4n) is 1.86. The van der Waals surface area contributed by atoms with Crippen LogP contribution < -0.4 is 5.84 Å². The van der Waals surface area contributed by atoms with Crippen LogP contribution in [0.5, 0.6) is 0 Å². The van der Waals surface area contributed by atoms with Crippen LogP contribution >= 0.6 is 11.3 Å². The number of carbonyl (C=O) groups excluding carboxylic acids is 1. The summed E-state index contributed by atoms with van der Waals surface area (Å²) in [7, 11) is 1.62. The molecule has 4 heteroatoms. The van der Waals surface area contributed by atoms with Crippen molar-refractivity contribution in [2.75, 3.05) is 7.05 Å². The largest absolute Gasteiger partial charge is 0.283 e. The summed E-state index contributed by atoms with van der Waals surface area (Å²) in [5.74, 6) is 5.55. The highest BCUT2D eigenvalue weighted by atomic mass is 32.1. The molecule has 1 aromatic heterocycles. The Hall–Kier alpha value is -0.870. The molecule has 2 N–H and O–H groups in total. The molecule has 0 spiro atoms. The van der Waals surface area contributed by atoms with Crippen LogP contribution in [0, 0.1) is 6.92 Å². The molecule has 0 aromatic carbocycles. The van der Waals surface area contributed by atoms with Crippen LogP contribution in [0.25, 0.3) is 0 Å². The molecule has 1 fully saturated rings. The quantitative estimate of drug-likeness (QED) is 0.456. The van der Waals surface area contributed by atoms with Gasteiger partial charge in [0, 0.05) is 11.9 Å². The number of hydrogen-bond donors (Lipinski definition) is 1. The summed E-state index contributed by atoms with van der Waals surface area (Å²) in [6.45, 7) is 2.05. The Balaban J connectivity index is 2.35. The number of nitrogens with two attached hydrogens (primary N) is 1. The molecule has 1 aliphatic rings. The number of amides is 1. The standard InChI is InChI=1S/C10H14N2OS/c1-7-3-6-14-8(7)10(4-5-10)9(13)12(2)11/h3,6H,4-5,11H2,1-2H3. The maximum Gasteiger partial charge on any atom is 0.247 e. The van der Waals surface area contributed by atoms with Crippen molar-refractivity contribution < 1.29 is 4.79 Å². The van der Waals surface area contributed by atoms with Crippen molar-refractivity contribution in [3.05, 3.63) is 21.9 Å². The van der Waals surface area contributed by atoms with Crippen LogP contribution in [-0.2, 0) is 10.2 Å². The second kappa shape index (κ2) is 3.07. The van der Waals surface area contributed by atoms with Gasteiger partial charge in [0.1, 0.15) is 0 Å². The van der Waals surface area contributed by atoms with Crippen LogP contribution in [0.4, 0.5) is 0 Å². The van der Waals surface area contributed by atoms with Crippen molar-refractivity contribution in [1.82, 2.24) is 5.01 Å². The number of likely N-dealkylation sites (N-methyl/N-ethyl adjacent to an activating group) is 1. The summed E-state index contributed by atoms with van der Waals surface area (Å²) < 4.78 is 0. The molecule has 0 bridgehead atoms. The molecule has 1 saturated carbocycles. The lowest BCUT2D eigenvalue weighted by atomic mass is 10.0. The summed E-state index contributed by atoms with van der Waals surface area (Å²) >= 11 is 1.66. The van der Waals surface area contributed by atoms with Gasteiger partial charge in [-0.05, 0) is 36.8 Å². The molecule has 0 aliphatic heterocycles.